The van der Waals surface area contributed by atoms with Crippen molar-refractivity contribution in [1.29, 1.82) is 0 Å². The summed E-state index contributed by atoms with van der Waals surface area (Å²) in [6.07, 6.45) is 3.32. The Morgan fingerprint density at radius 3 is 3.12 bits per heavy atom. The molecule has 1 aromatic heterocycles. The molecule has 0 aliphatic rings. The van der Waals surface area contributed by atoms with Crippen molar-refractivity contribution in [3.8, 4) is 0 Å². The normalized spacial score (nSPS) is 12.4. The fraction of sp³-hybridized carbons (Fsp3) is 0.600. The highest BCUT2D eigenvalue weighted by Crippen LogP contribution is 1.96. The van der Waals surface area contributed by atoms with Crippen molar-refractivity contribution in [3.05, 3.63) is 18.2 Å². The largest absolute Gasteiger partial charge is 0.391 e. The van der Waals surface area contributed by atoms with Crippen LogP contribution in [0.2, 0.25) is 0 Å². The van der Waals surface area contributed by atoms with Crippen LogP contribution in [-0.2, 0) is 6.54 Å². The van der Waals surface area contributed by atoms with Crippen molar-refractivity contribution in [1.82, 2.24) is 14.9 Å². The monoisotopic (exact) mass is 226 g/mol. The van der Waals surface area contributed by atoms with Crippen LogP contribution in [0.1, 0.15) is 23.8 Å². The summed E-state index contributed by atoms with van der Waals surface area (Å²) in [5, 5.41) is 11.9. The second-order valence-electron chi connectivity index (χ2n) is 3.56. The maximum absolute atomic E-state index is 11.6. The van der Waals surface area contributed by atoms with Crippen molar-refractivity contribution < 1.29 is 9.90 Å². The molecule has 6 heteroatoms. The van der Waals surface area contributed by atoms with Crippen molar-refractivity contribution in [2.24, 2.45) is 5.73 Å². The van der Waals surface area contributed by atoms with Crippen molar-refractivity contribution in [3.63, 3.8) is 0 Å². The van der Waals surface area contributed by atoms with Crippen molar-refractivity contribution >= 4 is 5.91 Å². The molecular weight excluding hydrogens is 208 g/mol. The number of carbonyl (C=O) groups excluding carboxylic acids is 1. The number of nitrogens with one attached hydrogen (secondary N) is 1. The highest BCUT2D eigenvalue weighted by atomic mass is 16.3. The zero-order valence-electron chi connectivity index (χ0n) is 9.39. The molecular formula is C10H18N4O2. The second kappa shape index (κ2) is 6.24. The average Bonchev–Trinajstić information content (AvgIpc) is 2.74. The van der Waals surface area contributed by atoms with Gasteiger partial charge in [0.1, 0.15) is 5.69 Å². The molecule has 6 nitrogen and oxygen atoms in total. The van der Waals surface area contributed by atoms with E-state index >= 15 is 0 Å². The molecule has 0 saturated heterocycles. The van der Waals surface area contributed by atoms with Crippen molar-refractivity contribution in [2.75, 3.05) is 13.1 Å². The van der Waals surface area contributed by atoms with Gasteiger partial charge in [-0.2, -0.15) is 0 Å². The van der Waals surface area contributed by atoms with Gasteiger partial charge in [0.25, 0.3) is 5.91 Å². The summed E-state index contributed by atoms with van der Waals surface area (Å²) in [5.74, 6) is -0.275. The van der Waals surface area contributed by atoms with E-state index in [0.717, 1.165) is 0 Å². The summed E-state index contributed by atoms with van der Waals surface area (Å²) in [6.45, 7) is 3.25. The summed E-state index contributed by atoms with van der Waals surface area (Å²) in [5.41, 5.74) is 5.72. The van der Waals surface area contributed by atoms with Gasteiger partial charge in [0.05, 0.1) is 12.4 Å². The van der Waals surface area contributed by atoms with Gasteiger partial charge in [-0.25, -0.2) is 4.98 Å². The molecule has 0 aromatic carbocycles. The van der Waals surface area contributed by atoms with E-state index in [1.807, 2.05) is 6.92 Å². The van der Waals surface area contributed by atoms with Gasteiger partial charge in [-0.1, -0.05) is 6.92 Å². The molecule has 16 heavy (non-hydrogen) atoms. The van der Waals surface area contributed by atoms with Crippen molar-refractivity contribution in [2.45, 2.75) is 26.0 Å². The molecule has 1 aromatic rings. The van der Waals surface area contributed by atoms with E-state index in [2.05, 4.69) is 10.3 Å². The minimum atomic E-state index is -0.505. The average molecular weight is 226 g/mol. The van der Waals surface area contributed by atoms with E-state index in [1.54, 1.807) is 17.1 Å². The summed E-state index contributed by atoms with van der Waals surface area (Å²) in [7, 11) is 0. The van der Waals surface area contributed by atoms with Gasteiger partial charge in [0, 0.05) is 25.8 Å². The van der Waals surface area contributed by atoms with Gasteiger partial charge in [0.15, 0.2) is 0 Å². The Kier molecular flexibility index (Phi) is 4.94. The molecule has 0 spiro atoms. The van der Waals surface area contributed by atoms with E-state index in [-0.39, 0.29) is 12.5 Å². The molecule has 90 valence electrons. The van der Waals surface area contributed by atoms with Crippen LogP contribution in [0.15, 0.2) is 12.5 Å². The summed E-state index contributed by atoms with van der Waals surface area (Å²) < 4.78 is 1.76. The number of nitrogens with zero attached hydrogens (tertiary/aromatic N) is 2. The number of nitrogens with two attached hydrogens (primary N) is 1. The third-order valence-electron chi connectivity index (χ3n) is 2.22. The number of aliphatic hydroxyl groups is 1. The predicted octanol–water partition coefficient (Wildman–Crippen LogP) is -0.657. The molecule has 1 unspecified atom stereocenters. The first-order valence-electron chi connectivity index (χ1n) is 5.35. The van der Waals surface area contributed by atoms with Gasteiger partial charge in [-0.05, 0) is 6.42 Å². The van der Waals surface area contributed by atoms with Gasteiger partial charge in [-0.15, -0.1) is 0 Å². The SMILES string of the molecule is CCC(O)CNC(=O)c1cn(CCN)cn1. The standard InChI is InChI=1S/C10H18N4O2/c1-2-8(15)5-12-10(16)9-6-14(4-3-11)7-13-9/h6-8,15H,2-5,11H2,1H3,(H,12,16). The number of hydrogen-bond donors (Lipinski definition) is 3. The van der Waals surface area contributed by atoms with Gasteiger partial charge in [-0.3, -0.25) is 4.79 Å². The number of aromatic nitrogens is 2. The number of aliphatic hydroxyl groups excluding tert-OH is 1. The van der Waals surface area contributed by atoms with Crippen LogP contribution >= 0.6 is 0 Å². The first-order valence-corrected chi connectivity index (χ1v) is 5.35. The molecule has 0 aliphatic carbocycles. The number of imidazole rings is 1. The first kappa shape index (κ1) is 12.7. The number of rotatable bonds is 6. The maximum atomic E-state index is 11.6. The van der Waals surface area contributed by atoms with Crippen LogP contribution in [0.5, 0.6) is 0 Å². The van der Waals surface area contributed by atoms with Crippen LogP contribution in [-0.4, -0.2) is 39.8 Å². The lowest BCUT2D eigenvalue weighted by Crippen LogP contribution is -2.31. The molecule has 1 amide bonds. The van der Waals surface area contributed by atoms with Gasteiger partial charge >= 0.3 is 0 Å². The molecule has 1 rings (SSSR count). The van der Waals surface area contributed by atoms with Crippen LogP contribution in [0.4, 0.5) is 0 Å². The third-order valence-corrected chi connectivity index (χ3v) is 2.22. The minimum absolute atomic E-state index is 0.249. The lowest BCUT2D eigenvalue weighted by molar-refractivity contribution is 0.0909. The number of carbonyl (C=O) groups is 1. The fourth-order valence-corrected chi connectivity index (χ4v) is 1.19. The lowest BCUT2D eigenvalue weighted by atomic mass is 10.3. The fourth-order valence-electron chi connectivity index (χ4n) is 1.19. The number of hydrogen-bond acceptors (Lipinski definition) is 4. The molecule has 0 fully saturated rings. The molecule has 1 heterocycles. The topological polar surface area (TPSA) is 93.2 Å². The molecule has 1 atom stereocenters. The van der Waals surface area contributed by atoms with Gasteiger partial charge in [0.2, 0.25) is 0 Å². The van der Waals surface area contributed by atoms with Gasteiger partial charge < -0.3 is 20.7 Å². The Bertz CT molecular complexity index is 337. The highest BCUT2D eigenvalue weighted by molar-refractivity contribution is 5.91. The zero-order valence-corrected chi connectivity index (χ0v) is 9.39. The minimum Gasteiger partial charge on any atom is -0.391 e. The van der Waals surface area contributed by atoms with E-state index in [4.69, 9.17) is 5.73 Å². The maximum Gasteiger partial charge on any atom is 0.271 e. The van der Waals surface area contributed by atoms with E-state index in [0.29, 0.717) is 25.2 Å². The second-order valence-corrected chi connectivity index (χ2v) is 3.56. The summed E-state index contributed by atoms with van der Waals surface area (Å²) >= 11 is 0. The zero-order chi connectivity index (χ0) is 12.0. The highest BCUT2D eigenvalue weighted by Gasteiger charge is 2.10. The molecule has 0 aliphatic heterocycles. The van der Waals surface area contributed by atoms with Crippen LogP contribution in [0, 0.1) is 0 Å². The van der Waals surface area contributed by atoms with Crippen LogP contribution in [0.25, 0.3) is 0 Å². The predicted molar refractivity (Wildman–Crippen MR) is 59.9 cm³/mol. The molecule has 4 N–H and O–H groups in total. The Hall–Kier alpha value is -1.40. The van der Waals surface area contributed by atoms with Crippen LogP contribution < -0.4 is 11.1 Å². The Balaban J connectivity index is 2.46. The first-order chi connectivity index (χ1) is 7.67. The van der Waals surface area contributed by atoms with E-state index in [9.17, 15) is 9.90 Å². The van der Waals surface area contributed by atoms with E-state index < -0.39 is 6.10 Å². The number of amides is 1. The Morgan fingerprint density at radius 1 is 1.75 bits per heavy atom. The quantitative estimate of drug-likeness (QED) is 0.600. The third kappa shape index (κ3) is 3.63. The summed E-state index contributed by atoms with van der Waals surface area (Å²) in [6, 6.07) is 0. The lowest BCUT2D eigenvalue weighted by Gasteiger charge is -2.07. The van der Waals surface area contributed by atoms with Crippen LogP contribution in [0.3, 0.4) is 0 Å². The Morgan fingerprint density at radius 2 is 2.50 bits per heavy atom. The molecule has 0 bridgehead atoms. The smallest absolute Gasteiger partial charge is 0.271 e. The van der Waals surface area contributed by atoms with E-state index in [1.165, 1.54) is 0 Å². The molecule has 0 saturated carbocycles. The Labute approximate surface area is 94.5 Å². The summed E-state index contributed by atoms with van der Waals surface area (Å²) in [4.78, 5) is 15.5. The molecule has 0 radical (unpaired) electrons.